The van der Waals surface area contributed by atoms with Crippen molar-refractivity contribution in [3.63, 3.8) is 0 Å². The Morgan fingerprint density at radius 3 is 2.50 bits per heavy atom. The molecule has 0 aliphatic rings. The van der Waals surface area contributed by atoms with Crippen molar-refractivity contribution in [3.05, 3.63) is 29.8 Å². The zero-order chi connectivity index (χ0) is 12.0. The second kappa shape index (κ2) is 6.89. The molecule has 0 saturated heterocycles. The van der Waals surface area contributed by atoms with Crippen LogP contribution in [0.3, 0.4) is 0 Å². The number of carbonyl (C=O) groups excluding carboxylic acids is 1. The number of alkyl halides is 1. The average Bonchev–Trinajstić information content (AvgIpc) is 2.29. The van der Waals surface area contributed by atoms with Crippen LogP contribution >= 0.6 is 22.6 Å². The van der Waals surface area contributed by atoms with E-state index in [1.165, 1.54) is 0 Å². The zero-order valence-corrected chi connectivity index (χ0v) is 11.9. The summed E-state index contributed by atoms with van der Waals surface area (Å²) in [5, 5.41) is 0. The normalized spacial score (nSPS) is 12.2. The summed E-state index contributed by atoms with van der Waals surface area (Å²) in [5.41, 5.74) is 0.776. The molecule has 0 bridgehead atoms. The second-order valence-corrected chi connectivity index (χ2v) is 5.50. The fourth-order valence-electron chi connectivity index (χ4n) is 1.51. The van der Waals surface area contributed by atoms with E-state index in [4.69, 9.17) is 4.74 Å². The maximum Gasteiger partial charge on any atom is 0.163 e. The van der Waals surface area contributed by atoms with E-state index in [9.17, 15) is 4.79 Å². The Bertz CT molecular complexity index is 332. The lowest BCUT2D eigenvalue weighted by Gasteiger charge is -2.07. The third-order valence-corrected chi connectivity index (χ3v) is 3.48. The molecule has 0 aliphatic heterocycles. The Morgan fingerprint density at radius 1 is 1.38 bits per heavy atom. The lowest BCUT2D eigenvalue weighted by Crippen LogP contribution is -2.07. The van der Waals surface area contributed by atoms with Crippen molar-refractivity contribution >= 4 is 28.4 Å². The van der Waals surface area contributed by atoms with Gasteiger partial charge in [0, 0.05) is 15.9 Å². The van der Waals surface area contributed by atoms with E-state index < -0.39 is 0 Å². The SMILES string of the molecule is CCCC(I)CC(=O)c1ccc(OC)cc1. The van der Waals surface area contributed by atoms with Gasteiger partial charge in [-0.15, -0.1) is 0 Å². The molecule has 0 aromatic heterocycles. The van der Waals surface area contributed by atoms with E-state index in [0.717, 1.165) is 24.2 Å². The van der Waals surface area contributed by atoms with Crippen molar-refractivity contribution in [2.24, 2.45) is 0 Å². The second-order valence-electron chi connectivity index (χ2n) is 3.74. The monoisotopic (exact) mass is 332 g/mol. The number of ketones is 1. The molecule has 0 aliphatic carbocycles. The summed E-state index contributed by atoms with van der Waals surface area (Å²) in [5.74, 6) is 1.01. The summed E-state index contributed by atoms with van der Waals surface area (Å²) < 4.78 is 5.50. The maximum atomic E-state index is 11.9. The van der Waals surface area contributed by atoms with Crippen LogP contribution < -0.4 is 4.74 Å². The predicted octanol–water partition coefficient (Wildman–Crippen LogP) is 3.87. The summed E-state index contributed by atoms with van der Waals surface area (Å²) in [6.07, 6.45) is 2.85. The van der Waals surface area contributed by atoms with E-state index in [0.29, 0.717) is 10.3 Å². The summed E-state index contributed by atoms with van der Waals surface area (Å²) >= 11 is 2.35. The number of hydrogen-bond donors (Lipinski definition) is 0. The molecule has 1 rings (SSSR count). The van der Waals surface area contributed by atoms with Crippen LogP contribution in [0.5, 0.6) is 5.75 Å². The molecule has 0 heterocycles. The van der Waals surface area contributed by atoms with Crippen LogP contribution in [-0.2, 0) is 0 Å². The number of halogens is 1. The van der Waals surface area contributed by atoms with Crippen molar-refractivity contribution in [2.75, 3.05) is 7.11 Å². The Morgan fingerprint density at radius 2 is 2.00 bits per heavy atom. The Hall–Kier alpha value is -0.580. The highest BCUT2D eigenvalue weighted by Gasteiger charge is 2.11. The van der Waals surface area contributed by atoms with Gasteiger partial charge in [-0.1, -0.05) is 35.9 Å². The number of benzene rings is 1. The number of carbonyl (C=O) groups is 1. The topological polar surface area (TPSA) is 26.3 Å². The molecule has 2 nitrogen and oxygen atoms in total. The number of methoxy groups -OCH3 is 1. The van der Waals surface area contributed by atoms with Gasteiger partial charge in [-0.25, -0.2) is 0 Å². The zero-order valence-electron chi connectivity index (χ0n) is 9.70. The third kappa shape index (κ3) is 4.12. The van der Waals surface area contributed by atoms with Gasteiger partial charge in [0.2, 0.25) is 0 Å². The quantitative estimate of drug-likeness (QED) is 0.449. The molecular weight excluding hydrogens is 315 g/mol. The van der Waals surface area contributed by atoms with Gasteiger partial charge in [-0.2, -0.15) is 0 Å². The van der Waals surface area contributed by atoms with Crippen LogP contribution in [-0.4, -0.2) is 16.8 Å². The number of Topliss-reactive ketones (excluding diaryl/α,β-unsaturated/α-hetero) is 1. The van der Waals surface area contributed by atoms with Crippen LogP contribution in [0, 0.1) is 0 Å². The van der Waals surface area contributed by atoms with Gasteiger partial charge in [0.15, 0.2) is 5.78 Å². The molecule has 0 N–H and O–H groups in total. The van der Waals surface area contributed by atoms with Crippen molar-refractivity contribution in [3.8, 4) is 5.75 Å². The Labute approximate surface area is 111 Å². The summed E-state index contributed by atoms with van der Waals surface area (Å²) in [4.78, 5) is 11.9. The first-order chi connectivity index (χ1) is 7.67. The van der Waals surface area contributed by atoms with Gasteiger partial charge in [0.05, 0.1) is 7.11 Å². The van der Waals surface area contributed by atoms with Gasteiger partial charge >= 0.3 is 0 Å². The molecule has 0 radical (unpaired) electrons. The molecule has 0 saturated carbocycles. The molecule has 0 spiro atoms. The van der Waals surface area contributed by atoms with Crippen molar-refractivity contribution in [1.29, 1.82) is 0 Å². The molecule has 1 unspecified atom stereocenters. The van der Waals surface area contributed by atoms with Crippen LogP contribution in [0.1, 0.15) is 36.5 Å². The highest BCUT2D eigenvalue weighted by Crippen LogP contribution is 2.18. The van der Waals surface area contributed by atoms with Gasteiger partial charge < -0.3 is 4.74 Å². The molecule has 3 heteroatoms. The Balaban J connectivity index is 2.59. The largest absolute Gasteiger partial charge is 0.497 e. The first kappa shape index (κ1) is 13.5. The minimum atomic E-state index is 0.218. The average molecular weight is 332 g/mol. The fraction of sp³-hybridized carbons (Fsp3) is 0.462. The minimum Gasteiger partial charge on any atom is -0.497 e. The molecule has 0 fully saturated rings. The minimum absolute atomic E-state index is 0.218. The summed E-state index contributed by atoms with van der Waals surface area (Å²) in [7, 11) is 1.62. The van der Waals surface area contributed by atoms with E-state index in [-0.39, 0.29) is 5.78 Å². The van der Waals surface area contributed by atoms with E-state index in [1.807, 2.05) is 24.3 Å². The van der Waals surface area contributed by atoms with Crippen molar-refractivity contribution < 1.29 is 9.53 Å². The maximum absolute atomic E-state index is 11.9. The Kier molecular flexibility index (Phi) is 5.80. The molecule has 1 aromatic rings. The molecule has 1 aromatic carbocycles. The summed E-state index contributed by atoms with van der Waals surface area (Å²) in [6, 6.07) is 7.32. The molecule has 0 amide bonds. The predicted molar refractivity (Wildman–Crippen MR) is 74.7 cm³/mol. The van der Waals surface area contributed by atoms with Crippen molar-refractivity contribution in [1.82, 2.24) is 0 Å². The van der Waals surface area contributed by atoms with Gasteiger partial charge in [0.25, 0.3) is 0 Å². The summed E-state index contributed by atoms with van der Waals surface area (Å²) in [6.45, 7) is 2.14. The van der Waals surface area contributed by atoms with E-state index >= 15 is 0 Å². The van der Waals surface area contributed by atoms with Crippen LogP contribution in [0.25, 0.3) is 0 Å². The van der Waals surface area contributed by atoms with Gasteiger partial charge in [0.1, 0.15) is 5.75 Å². The van der Waals surface area contributed by atoms with Crippen molar-refractivity contribution in [2.45, 2.75) is 30.1 Å². The van der Waals surface area contributed by atoms with E-state index in [1.54, 1.807) is 7.11 Å². The number of ether oxygens (including phenoxy) is 1. The van der Waals surface area contributed by atoms with Crippen LogP contribution in [0.2, 0.25) is 0 Å². The lowest BCUT2D eigenvalue weighted by molar-refractivity contribution is 0.0982. The van der Waals surface area contributed by atoms with Crippen LogP contribution in [0.15, 0.2) is 24.3 Å². The lowest BCUT2D eigenvalue weighted by atomic mass is 10.0. The van der Waals surface area contributed by atoms with Gasteiger partial charge in [-0.05, 0) is 30.7 Å². The third-order valence-electron chi connectivity index (χ3n) is 2.42. The first-order valence-electron chi connectivity index (χ1n) is 5.48. The van der Waals surface area contributed by atoms with E-state index in [2.05, 4.69) is 29.5 Å². The van der Waals surface area contributed by atoms with Crippen LogP contribution in [0.4, 0.5) is 0 Å². The smallest absolute Gasteiger partial charge is 0.163 e. The molecule has 88 valence electrons. The number of rotatable bonds is 6. The van der Waals surface area contributed by atoms with Gasteiger partial charge in [-0.3, -0.25) is 4.79 Å². The molecule has 16 heavy (non-hydrogen) atoms. The fourth-order valence-corrected chi connectivity index (χ4v) is 2.53. The number of hydrogen-bond acceptors (Lipinski definition) is 2. The molecular formula is C13H17IO2. The highest BCUT2D eigenvalue weighted by atomic mass is 127. The standard InChI is InChI=1S/C13H17IO2/c1-3-4-11(14)9-13(15)10-5-7-12(16-2)8-6-10/h5-8,11H,3-4,9H2,1-2H3. The molecule has 1 atom stereocenters. The highest BCUT2D eigenvalue weighted by molar-refractivity contribution is 14.1. The first-order valence-corrected chi connectivity index (χ1v) is 6.73.